The molecule has 0 aliphatic carbocycles. The van der Waals surface area contributed by atoms with E-state index in [0.29, 0.717) is 31.2 Å². The molecule has 3 heterocycles. The average molecular weight is 525 g/mol. The predicted octanol–water partition coefficient (Wildman–Crippen LogP) is 6.88. The minimum Gasteiger partial charge on any atom is -0.372 e. The number of carbonyl (C=O) groups excluding carboxylic acids is 1. The van der Waals surface area contributed by atoms with Crippen molar-refractivity contribution >= 4 is 29.0 Å². The number of hydrogen-bond acceptors (Lipinski definition) is 4. The predicted molar refractivity (Wildman–Crippen MR) is 139 cm³/mol. The number of likely N-dealkylation sites (tertiary alicyclic amines) is 1. The van der Waals surface area contributed by atoms with Crippen LogP contribution < -0.4 is 10.2 Å². The van der Waals surface area contributed by atoms with Crippen molar-refractivity contribution < 1.29 is 18.0 Å². The second-order valence-electron chi connectivity index (χ2n) is 9.53. The molecule has 0 unspecified atom stereocenters. The van der Waals surface area contributed by atoms with Crippen molar-refractivity contribution in [2.24, 2.45) is 5.92 Å². The highest BCUT2D eigenvalue weighted by Gasteiger charge is 2.31. The minimum absolute atomic E-state index is 0. The molecule has 0 radical (unpaired) electrons. The van der Waals surface area contributed by atoms with Gasteiger partial charge in [0.1, 0.15) is 5.82 Å². The van der Waals surface area contributed by atoms with Gasteiger partial charge in [0.15, 0.2) is 0 Å². The van der Waals surface area contributed by atoms with E-state index in [1.54, 1.807) is 0 Å². The van der Waals surface area contributed by atoms with E-state index in [4.69, 9.17) is 11.6 Å². The van der Waals surface area contributed by atoms with Crippen LogP contribution in [0.3, 0.4) is 0 Å². The van der Waals surface area contributed by atoms with Crippen LogP contribution in [0.25, 0.3) is 0 Å². The lowest BCUT2D eigenvalue weighted by molar-refractivity contribution is -0.137. The number of nitrogens with zero attached hydrogens (tertiary/aromatic N) is 3. The number of piperidine rings is 2. The third-order valence-corrected chi connectivity index (χ3v) is 7.35. The molecule has 1 aromatic carbocycles. The molecule has 1 aromatic heterocycles. The van der Waals surface area contributed by atoms with E-state index in [1.807, 2.05) is 17.0 Å². The van der Waals surface area contributed by atoms with Gasteiger partial charge in [-0.15, -0.1) is 0 Å². The molecule has 2 aromatic rings. The molecule has 1 N–H and O–H groups in total. The number of halogens is 4. The zero-order valence-corrected chi connectivity index (χ0v) is 20.5. The first kappa shape index (κ1) is 28.1. The van der Waals surface area contributed by atoms with Crippen molar-refractivity contribution in [3.8, 4) is 0 Å². The first-order chi connectivity index (χ1) is 16.8. The van der Waals surface area contributed by atoms with Crippen LogP contribution in [0.2, 0.25) is 5.02 Å². The van der Waals surface area contributed by atoms with E-state index in [-0.39, 0.29) is 19.4 Å². The third-order valence-electron chi connectivity index (χ3n) is 7.10. The Bertz CT molecular complexity index is 952. The first-order valence-corrected chi connectivity index (χ1v) is 12.7. The summed E-state index contributed by atoms with van der Waals surface area (Å²) >= 11 is 5.98. The Kier molecular flexibility index (Phi) is 9.88. The highest BCUT2D eigenvalue weighted by molar-refractivity contribution is 6.30. The molecular formula is C27H36ClF3N4O. The SMILES string of the molecule is C.O=C(CCCC1CCN(c2ccc(Cl)cc2)CC1)N1CCC(Nc2ccc(C(F)(F)F)cn2)CC1. The smallest absolute Gasteiger partial charge is 0.372 e. The molecule has 0 spiro atoms. The molecule has 2 fully saturated rings. The zero-order chi connectivity index (χ0) is 24.8. The van der Waals surface area contributed by atoms with Gasteiger partial charge in [-0.3, -0.25) is 4.79 Å². The Balaban J connectivity index is 0.00000361. The number of nitrogens with one attached hydrogen (secondary N) is 1. The van der Waals surface area contributed by atoms with Crippen molar-refractivity contribution in [1.29, 1.82) is 0 Å². The summed E-state index contributed by atoms with van der Waals surface area (Å²) in [6.45, 7) is 3.40. The van der Waals surface area contributed by atoms with Gasteiger partial charge in [-0.2, -0.15) is 13.2 Å². The van der Waals surface area contributed by atoms with Gasteiger partial charge >= 0.3 is 6.18 Å². The number of anilines is 2. The number of aromatic nitrogens is 1. The van der Waals surface area contributed by atoms with Gasteiger partial charge < -0.3 is 15.1 Å². The maximum absolute atomic E-state index is 12.7. The van der Waals surface area contributed by atoms with Crippen LogP contribution in [0.15, 0.2) is 42.6 Å². The molecule has 0 bridgehead atoms. The fourth-order valence-electron chi connectivity index (χ4n) is 4.96. The molecule has 2 aliphatic heterocycles. The van der Waals surface area contributed by atoms with E-state index in [9.17, 15) is 18.0 Å². The van der Waals surface area contributed by atoms with E-state index in [0.717, 1.165) is 68.9 Å². The van der Waals surface area contributed by atoms with Gasteiger partial charge in [-0.05, 0) is 80.8 Å². The number of rotatable bonds is 7. The average Bonchev–Trinajstić information content (AvgIpc) is 2.85. The summed E-state index contributed by atoms with van der Waals surface area (Å²) in [5.74, 6) is 1.30. The van der Waals surface area contributed by atoms with E-state index >= 15 is 0 Å². The lowest BCUT2D eigenvalue weighted by Crippen LogP contribution is -2.42. The van der Waals surface area contributed by atoms with Crippen LogP contribution in [-0.4, -0.2) is 48.0 Å². The summed E-state index contributed by atoms with van der Waals surface area (Å²) in [5, 5.41) is 3.95. The van der Waals surface area contributed by atoms with Crippen molar-refractivity contribution in [3.63, 3.8) is 0 Å². The van der Waals surface area contributed by atoms with Crippen molar-refractivity contribution in [1.82, 2.24) is 9.88 Å². The number of hydrogen-bond donors (Lipinski definition) is 1. The number of benzene rings is 1. The monoisotopic (exact) mass is 524 g/mol. The topological polar surface area (TPSA) is 48.5 Å². The van der Waals surface area contributed by atoms with Crippen molar-refractivity contribution in [3.05, 3.63) is 53.2 Å². The van der Waals surface area contributed by atoms with Crippen LogP contribution >= 0.6 is 11.6 Å². The van der Waals surface area contributed by atoms with Gasteiger partial charge in [0.05, 0.1) is 5.56 Å². The summed E-state index contributed by atoms with van der Waals surface area (Å²) in [7, 11) is 0. The molecule has 0 saturated carbocycles. The molecule has 198 valence electrons. The molecule has 2 aliphatic rings. The van der Waals surface area contributed by atoms with E-state index in [1.165, 1.54) is 11.8 Å². The Hall–Kier alpha value is -2.48. The lowest BCUT2D eigenvalue weighted by atomic mass is 9.91. The van der Waals surface area contributed by atoms with Gasteiger partial charge in [0.25, 0.3) is 0 Å². The number of pyridine rings is 1. The molecule has 5 nitrogen and oxygen atoms in total. The zero-order valence-electron chi connectivity index (χ0n) is 19.7. The fraction of sp³-hybridized carbons (Fsp3) is 0.556. The van der Waals surface area contributed by atoms with Crippen LogP contribution in [0.4, 0.5) is 24.7 Å². The normalized spacial score (nSPS) is 17.6. The quantitative estimate of drug-likeness (QED) is 0.429. The van der Waals surface area contributed by atoms with Gasteiger partial charge in [0.2, 0.25) is 5.91 Å². The summed E-state index contributed by atoms with van der Waals surface area (Å²) < 4.78 is 38.0. The fourth-order valence-corrected chi connectivity index (χ4v) is 5.09. The maximum Gasteiger partial charge on any atom is 0.417 e. The Morgan fingerprint density at radius 2 is 1.67 bits per heavy atom. The number of carbonyl (C=O) groups is 1. The highest BCUT2D eigenvalue weighted by Crippen LogP contribution is 2.30. The van der Waals surface area contributed by atoms with Crippen LogP contribution in [0, 0.1) is 5.92 Å². The second-order valence-corrected chi connectivity index (χ2v) is 9.96. The third kappa shape index (κ3) is 7.76. The number of alkyl halides is 3. The first-order valence-electron chi connectivity index (χ1n) is 12.4. The van der Waals surface area contributed by atoms with Gasteiger partial charge in [-0.1, -0.05) is 19.0 Å². The highest BCUT2D eigenvalue weighted by atomic mass is 35.5. The Morgan fingerprint density at radius 3 is 2.25 bits per heavy atom. The van der Waals surface area contributed by atoms with Crippen LogP contribution in [0.1, 0.15) is 57.9 Å². The molecule has 36 heavy (non-hydrogen) atoms. The molecule has 4 rings (SSSR count). The van der Waals surface area contributed by atoms with Gasteiger partial charge in [0, 0.05) is 55.5 Å². The minimum atomic E-state index is -4.38. The summed E-state index contributed by atoms with van der Waals surface area (Å²) in [6.07, 6.45) is 2.85. The standard InChI is InChI=1S/C26H32ClF3N4O.CH4/c27-21-5-7-23(8-6-21)33-14-10-19(11-15-33)2-1-3-25(35)34-16-12-22(13-17-34)32-24-9-4-20(18-31-24)26(28,29)30;/h4-9,18-19,22H,1-3,10-17H2,(H,31,32);1H4. The van der Waals surface area contributed by atoms with E-state index in [2.05, 4.69) is 27.3 Å². The molecule has 0 atom stereocenters. The summed E-state index contributed by atoms with van der Waals surface area (Å²) in [6, 6.07) is 10.5. The molecule has 2 saturated heterocycles. The van der Waals surface area contributed by atoms with Crippen LogP contribution in [-0.2, 0) is 11.0 Å². The molecule has 1 amide bonds. The molecule has 9 heteroatoms. The van der Waals surface area contributed by atoms with Crippen molar-refractivity contribution in [2.75, 3.05) is 36.4 Å². The number of amides is 1. The second kappa shape index (κ2) is 12.7. The van der Waals surface area contributed by atoms with Gasteiger partial charge in [-0.25, -0.2) is 4.98 Å². The largest absolute Gasteiger partial charge is 0.417 e. The Morgan fingerprint density at radius 1 is 1.00 bits per heavy atom. The van der Waals surface area contributed by atoms with E-state index < -0.39 is 11.7 Å². The lowest BCUT2D eigenvalue weighted by Gasteiger charge is -2.34. The van der Waals surface area contributed by atoms with Crippen molar-refractivity contribution in [2.45, 2.75) is 64.6 Å². The molecular weight excluding hydrogens is 489 g/mol. The summed E-state index contributed by atoms with van der Waals surface area (Å²) in [4.78, 5) is 20.9. The summed E-state index contributed by atoms with van der Waals surface area (Å²) in [5.41, 5.74) is 0.464. The Labute approximate surface area is 217 Å². The van der Waals surface area contributed by atoms with Crippen LogP contribution in [0.5, 0.6) is 0 Å². The maximum atomic E-state index is 12.7.